The first kappa shape index (κ1) is 9.66. The van der Waals surface area contributed by atoms with Gasteiger partial charge in [0.1, 0.15) is 5.65 Å². The van der Waals surface area contributed by atoms with Crippen molar-refractivity contribution >= 4 is 27.5 Å². The van der Waals surface area contributed by atoms with E-state index < -0.39 is 0 Å². The monoisotopic (exact) mass is 232 g/mol. The minimum atomic E-state index is 1.04. The zero-order chi connectivity index (χ0) is 12.1. The second kappa shape index (κ2) is 3.33. The van der Waals surface area contributed by atoms with E-state index in [4.69, 9.17) is 4.98 Å². The van der Waals surface area contributed by atoms with Crippen molar-refractivity contribution in [1.82, 2.24) is 9.38 Å². The summed E-state index contributed by atoms with van der Waals surface area (Å²) in [5, 5.41) is 2.49. The van der Waals surface area contributed by atoms with Crippen molar-refractivity contribution in [2.24, 2.45) is 0 Å². The summed E-state index contributed by atoms with van der Waals surface area (Å²) in [6.45, 7) is 2.14. The summed E-state index contributed by atoms with van der Waals surface area (Å²) in [6.07, 6.45) is 2.11. The Morgan fingerprint density at radius 3 is 2.72 bits per heavy atom. The van der Waals surface area contributed by atoms with Gasteiger partial charge in [0.05, 0.1) is 11.0 Å². The predicted octanol–water partition coefficient (Wildman–Crippen LogP) is 3.95. The normalized spacial score (nSPS) is 11.6. The Kier molecular flexibility index (Phi) is 1.78. The second-order valence-electron chi connectivity index (χ2n) is 4.65. The van der Waals surface area contributed by atoms with E-state index in [1.165, 1.54) is 16.3 Å². The van der Waals surface area contributed by atoms with Gasteiger partial charge >= 0.3 is 0 Å². The van der Waals surface area contributed by atoms with Crippen LogP contribution in [0.15, 0.2) is 54.7 Å². The van der Waals surface area contributed by atoms with E-state index in [0.29, 0.717) is 0 Å². The molecule has 18 heavy (non-hydrogen) atoms. The molecule has 2 aromatic heterocycles. The molecule has 2 aromatic carbocycles. The van der Waals surface area contributed by atoms with Crippen molar-refractivity contribution in [2.45, 2.75) is 6.92 Å². The Morgan fingerprint density at radius 2 is 1.78 bits per heavy atom. The molecule has 0 spiro atoms. The molecule has 0 unspecified atom stereocenters. The Hall–Kier alpha value is -2.35. The zero-order valence-corrected chi connectivity index (χ0v) is 10.1. The lowest BCUT2D eigenvalue weighted by atomic mass is 10.1. The molecule has 0 aliphatic heterocycles. The fourth-order valence-electron chi connectivity index (χ4n) is 2.63. The van der Waals surface area contributed by atoms with Crippen LogP contribution in [0.25, 0.3) is 27.5 Å². The molecular formula is C16H12N2. The van der Waals surface area contributed by atoms with Crippen LogP contribution in [0, 0.1) is 6.92 Å². The highest BCUT2D eigenvalue weighted by Gasteiger charge is 2.07. The average Bonchev–Trinajstić information content (AvgIpc) is 2.78. The molecule has 0 aliphatic rings. The lowest BCUT2D eigenvalue weighted by Gasteiger charge is -2.03. The average molecular weight is 232 g/mol. The summed E-state index contributed by atoms with van der Waals surface area (Å²) < 4.78 is 2.16. The SMILES string of the molecule is Cc1cccc2c1ccn1c3ccccc3nc21. The van der Waals surface area contributed by atoms with Crippen LogP contribution in [-0.4, -0.2) is 9.38 Å². The lowest BCUT2D eigenvalue weighted by Crippen LogP contribution is -1.87. The molecule has 0 radical (unpaired) electrons. The number of benzene rings is 2. The molecule has 2 nitrogen and oxygen atoms in total. The number of hydrogen-bond acceptors (Lipinski definition) is 1. The zero-order valence-electron chi connectivity index (χ0n) is 10.1. The summed E-state index contributed by atoms with van der Waals surface area (Å²) >= 11 is 0. The van der Waals surface area contributed by atoms with Gasteiger partial charge in [-0.25, -0.2) is 4.98 Å². The van der Waals surface area contributed by atoms with E-state index in [9.17, 15) is 0 Å². The lowest BCUT2D eigenvalue weighted by molar-refractivity contribution is 1.24. The minimum Gasteiger partial charge on any atom is -0.299 e. The standard InChI is InChI=1S/C16H12N2/c1-11-5-4-6-13-12(11)9-10-18-15-8-3-2-7-14(15)17-16(13)18/h2-10H,1H3. The predicted molar refractivity (Wildman–Crippen MR) is 74.9 cm³/mol. The van der Waals surface area contributed by atoms with Crippen molar-refractivity contribution in [3.63, 3.8) is 0 Å². The third-order valence-electron chi connectivity index (χ3n) is 3.55. The smallest absolute Gasteiger partial charge is 0.145 e. The van der Waals surface area contributed by atoms with Crippen LogP contribution in [0.2, 0.25) is 0 Å². The molecule has 4 rings (SSSR count). The molecule has 4 aromatic rings. The largest absolute Gasteiger partial charge is 0.299 e. The number of rotatable bonds is 0. The van der Waals surface area contributed by atoms with E-state index >= 15 is 0 Å². The first-order valence-electron chi connectivity index (χ1n) is 6.10. The quantitative estimate of drug-likeness (QED) is 0.448. The maximum absolute atomic E-state index is 4.75. The number of pyridine rings is 1. The van der Waals surface area contributed by atoms with Gasteiger partial charge < -0.3 is 0 Å². The first-order chi connectivity index (χ1) is 8.84. The molecule has 0 saturated heterocycles. The summed E-state index contributed by atoms with van der Waals surface area (Å²) in [5.41, 5.74) is 4.54. The van der Waals surface area contributed by atoms with Gasteiger partial charge in [0, 0.05) is 11.6 Å². The Balaban J connectivity index is 2.32. The Labute approximate surface area is 104 Å². The summed E-state index contributed by atoms with van der Waals surface area (Å²) in [5.74, 6) is 0. The molecule has 0 fully saturated rings. The molecular weight excluding hydrogens is 220 g/mol. The van der Waals surface area contributed by atoms with Gasteiger partial charge in [0.15, 0.2) is 0 Å². The van der Waals surface area contributed by atoms with E-state index in [1.54, 1.807) is 0 Å². The van der Waals surface area contributed by atoms with Gasteiger partial charge in [-0.2, -0.15) is 0 Å². The van der Waals surface area contributed by atoms with E-state index in [0.717, 1.165) is 16.7 Å². The van der Waals surface area contributed by atoms with Gasteiger partial charge in [-0.05, 0) is 36.1 Å². The van der Waals surface area contributed by atoms with Crippen molar-refractivity contribution in [3.05, 3.63) is 60.3 Å². The molecule has 0 amide bonds. The van der Waals surface area contributed by atoms with Crippen LogP contribution in [0.3, 0.4) is 0 Å². The third kappa shape index (κ3) is 1.15. The van der Waals surface area contributed by atoms with Crippen molar-refractivity contribution < 1.29 is 0 Å². The number of nitrogens with zero attached hydrogens (tertiary/aromatic N) is 2. The van der Waals surface area contributed by atoms with Crippen LogP contribution in [0.1, 0.15) is 5.56 Å². The Bertz CT molecular complexity index is 887. The first-order valence-corrected chi connectivity index (χ1v) is 6.10. The molecule has 0 aliphatic carbocycles. The van der Waals surface area contributed by atoms with Crippen LogP contribution < -0.4 is 0 Å². The number of aromatic nitrogens is 2. The highest BCUT2D eigenvalue weighted by Crippen LogP contribution is 2.25. The van der Waals surface area contributed by atoms with Gasteiger partial charge in [-0.1, -0.05) is 30.3 Å². The summed E-state index contributed by atoms with van der Waals surface area (Å²) in [6, 6.07) is 16.8. The van der Waals surface area contributed by atoms with Gasteiger partial charge in [0.25, 0.3) is 0 Å². The van der Waals surface area contributed by atoms with Crippen molar-refractivity contribution in [1.29, 1.82) is 0 Å². The fraction of sp³-hybridized carbons (Fsp3) is 0.0625. The third-order valence-corrected chi connectivity index (χ3v) is 3.55. The molecule has 86 valence electrons. The summed E-state index contributed by atoms with van der Waals surface area (Å²) in [4.78, 5) is 4.75. The van der Waals surface area contributed by atoms with Crippen molar-refractivity contribution in [2.75, 3.05) is 0 Å². The summed E-state index contributed by atoms with van der Waals surface area (Å²) in [7, 11) is 0. The second-order valence-corrected chi connectivity index (χ2v) is 4.65. The van der Waals surface area contributed by atoms with Crippen LogP contribution in [-0.2, 0) is 0 Å². The maximum Gasteiger partial charge on any atom is 0.145 e. The molecule has 0 N–H and O–H groups in total. The number of hydrogen-bond donors (Lipinski definition) is 0. The van der Waals surface area contributed by atoms with Crippen LogP contribution in [0.5, 0.6) is 0 Å². The van der Waals surface area contributed by atoms with Crippen LogP contribution >= 0.6 is 0 Å². The maximum atomic E-state index is 4.75. The van der Waals surface area contributed by atoms with E-state index in [1.807, 2.05) is 6.07 Å². The molecule has 0 bridgehead atoms. The molecule has 2 heterocycles. The highest BCUT2D eigenvalue weighted by molar-refractivity contribution is 5.99. The van der Waals surface area contributed by atoms with Crippen molar-refractivity contribution in [3.8, 4) is 0 Å². The number of imidazole rings is 1. The van der Waals surface area contributed by atoms with Crippen LogP contribution in [0.4, 0.5) is 0 Å². The highest BCUT2D eigenvalue weighted by atomic mass is 15.0. The number of para-hydroxylation sites is 2. The Morgan fingerprint density at radius 1 is 0.889 bits per heavy atom. The number of fused-ring (bicyclic) bond motifs is 5. The minimum absolute atomic E-state index is 1.04. The molecule has 0 saturated carbocycles. The molecule has 0 atom stereocenters. The topological polar surface area (TPSA) is 17.3 Å². The van der Waals surface area contributed by atoms with Gasteiger partial charge in [0.2, 0.25) is 0 Å². The van der Waals surface area contributed by atoms with E-state index in [2.05, 4.69) is 60.0 Å². The van der Waals surface area contributed by atoms with Gasteiger partial charge in [-0.15, -0.1) is 0 Å². The fourth-order valence-corrected chi connectivity index (χ4v) is 2.63. The molecule has 2 heteroatoms. The van der Waals surface area contributed by atoms with Gasteiger partial charge in [-0.3, -0.25) is 4.40 Å². The van der Waals surface area contributed by atoms with E-state index in [-0.39, 0.29) is 0 Å². The number of aryl methyl sites for hydroxylation is 1.